The van der Waals surface area contributed by atoms with E-state index < -0.39 is 0 Å². The zero-order valence-corrected chi connectivity index (χ0v) is 33.6. The van der Waals surface area contributed by atoms with Crippen LogP contribution in [0.4, 0.5) is 0 Å². The summed E-state index contributed by atoms with van der Waals surface area (Å²) in [5.74, 6) is 0. The van der Waals surface area contributed by atoms with Gasteiger partial charge in [0.2, 0.25) is 0 Å². The van der Waals surface area contributed by atoms with E-state index in [-0.39, 0.29) is 24.8 Å². The van der Waals surface area contributed by atoms with Crippen molar-refractivity contribution in [3.8, 4) is 22.3 Å². The third kappa shape index (κ3) is 12.8. The Kier molecular flexibility index (Phi) is 20.7. The van der Waals surface area contributed by atoms with Crippen molar-refractivity contribution in [1.29, 1.82) is 0 Å². The number of hydrogen-bond donors (Lipinski definition) is 0. The third-order valence-corrected chi connectivity index (χ3v) is 7.82. The second kappa shape index (κ2) is 24.4. The molecule has 2 radical (unpaired) electrons. The van der Waals surface area contributed by atoms with Gasteiger partial charge in [0.25, 0.3) is 0 Å². The van der Waals surface area contributed by atoms with Crippen molar-refractivity contribution < 1.29 is 23.3 Å². The molecule has 0 nitrogen and oxygen atoms in total. The minimum absolute atomic E-state index is 0. The summed E-state index contributed by atoms with van der Waals surface area (Å²) in [5.41, 5.74) is 8.11. The van der Waals surface area contributed by atoms with Gasteiger partial charge in [0.1, 0.15) is 0 Å². The van der Waals surface area contributed by atoms with Crippen LogP contribution in [0.15, 0.2) is 182 Å². The van der Waals surface area contributed by atoms with Gasteiger partial charge in [-0.2, -0.15) is 84.9 Å². The molecule has 0 spiro atoms. The van der Waals surface area contributed by atoms with E-state index in [1.54, 1.807) is 0 Å². The summed E-state index contributed by atoms with van der Waals surface area (Å²) in [6.45, 7) is 7.47. The van der Waals surface area contributed by atoms with E-state index in [0.29, 0.717) is 0 Å². The molecule has 8 rings (SSSR count). The van der Waals surface area contributed by atoms with Gasteiger partial charge in [-0.25, -0.2) is 0 Å². The van der Waals surface area contributed by atoms with Crippen LogP contribution in [0.5, 0.6) is 0 Å². The van der Waals surface area contributed by atoms with Crippen LogP contribution in [-0.4, -0.2) is 6.88 Å². The van der Waals surface area contributed by atoms with Gasteiger partial charge in [0.05, 0.1) is 0 Å². The molecule has 50 heavy (non-hydrogen) atoms. The average Bonchev–Trinajstić information content (AvgIpc) is 3.83. The number of halogens is 2. The van der Waals surface area contributed by atoms with Gasteiger partial charge < -0.3 is 0 Å². The van der Waals surface area contributed by atoms with Crippen LogP contribution in [0, 0.1) is 12.1 Å². The zero-order chi connectivity index (χ0) is 33.8. The Morgan fingerprint density at radius 3 is 1.08 bits per heavy atom. The second-order valence-corrected chi connectivity index (χ2v) is 10.9. The molecule has 0 heterocycles. The fourth-order valence-electron chi connectivity index (χ4n) is 5.42. The molecule has 0 aliphatic carbocycles. The summed E-state index contributed by atoms with van der Waals surface area (Å²) < 4.78 is 0. The number of aryl methyl sites for hydroxylation is 2. The fraction of sp³-hybridized carbons (Fsp3) is 0.0870. The smallest absolute Gasteiger partial charge is 0.171 e. The van der Waals surface area contributed by atoms with Gasteiger partial charge in [-0.15, -0.1) is 93.9 Å². The molecule has 252 valence electrons. The molecule has 4 heteroatoms. The molecule has 8 aromatic carbocycles. The Morgan fingerprint density at radius 2 is 0.800 bits per heavy atom. The van der Waals surface area contributed by atoms with Gasteiger partial charge in [-0.3, -0.25) is 0 Å². The van der Waals surface area contributed by atoms with Gasteiger partial charge in [0.15, 0.2) is 0 Å². The van der Waals surface area contributed by atoms with Crippen LogP contribution >= 0.6 is 24.8 Å². The molecule has 8 aromatic rings. The van der Waals surface area contributed by atoms with Crippen LogP contribution in [0.1, 0.15) is 25.0 Å². The van der Waals surface area contributed by atoms with E-state index in [1.165, 1.54) is 78.3 Å². The van der Waals surface area contributed by atoms with Crippen molar-refractivity contribution in [1.82, 2.24) is 0 Å². The van der Waals surface area contributed by atoms with E-state index in [9.17, 15) is 0 Å². The molecule has 0 aliphatic heterocycles. The zero-order valence-electron chi connectivity index (χ0n) is 28.6. The van der Waals surface area contributed by atoms with Gasteiger partial charge in [-0.1, -0.05) is 97.8 Å². The van der Waals surface area contributed by atoms with E-state index in [4.69, 9.17) is 0 Å². The standard InChI is InChI=1S/2C17H15.2C6H5.2ClH.Si.Zr/c2*1-2-13-11-15-9-6-10-16(17(15)12-13)14-7-4-3-5-8-14;2*1-2-4-6-5-3-1;;;;/h2*3-12H,2H2,1H3;2*1-5H;2*1H;;/q4*-1;;;;. The first-order valence-corrected chi connectivity index (χ1v) is 20.5. The van der Waals surface area contributed by atoms with Crippen LogP contribution in [0.2, 0.25) is 0 Å². The molecule has 0 aromatic heterocycles. The topological polar surface area (TPSA) is 0 Å². The number of rotatable bonds is 4. The van der Waals surface area contributed by atoms with Crippen molar-refractivity contribution in [3.63, 3.8) is 0 Å². The minimum atomic E-state index is 0. The van der Waals surface area contributed by atoms with E-state index >= 15 is 0 Å². The Morgan fingerprint density at radius 1 is 0.460 bits per heavy atom. The molecular weight excluding hydrogens is 743 g/mol. The summed E-state index contributed by atoms with van der Waals surface area (Å²) in [7, 11) is 0. The first-order valence-electron chi connectivity index (χ1n) is 16.3. The SMILES string of the molecule is CCc1cc2c(-c3ccccc3)cccc2[cH-]1.CCc1cc2c(-c3ccccc3)cccc2[cH-]1.Cl.Cl.[Si]=[Zr].[c-]1ccccc1.[c-]1ccccc1. The van der Waals surface area contributed by atoms with Crippen molar-refractivity contribution in [3.05, 3.63) is 205 Å². The van der Waals surface area contributed by atoms with Gasteiger partial charge in [0, 0.05) is 0 Å². The number of fused-ring (bicyclic) bond motifs is 2. The molecule has 0 saturated heterocycles. The summed E-state index contributed by atoms with van der Waals surface area (Å²) >= 11 is 1.36. The fourth-order valence-corrected chi connectivity index (χ4v) is 5.42. The summed E-state index contributed by atoms with van der Waals surface area (Å²) in [5, 5.41) is 5.44. The minimum Gasteiger partial charge on any atom is -0.184 e. The largest absolute Gasteiger partial charge is 0.184 e. The van der Waals surface area contributed by atoms with E-state index in [0.717, 1.165) is 12.8 Å². The number of benzene rings is 6. The molecular formula is C46H42Cl2SiZr-4. The molecule has 0 saturated carbocycles. The van der Waals surface area contributed by atoms with Crippen molar-refractivity contribution in [2.45, 2.75) is 26.7 Å². The molecule has 0 bridgehead atoms. The maximum Gasteiger partial charge on any atom is -0.171 e. The predicted molar refractivity (Wildman–Crippen MR) is 220 cm³/mol. The van der Waals surface area contributed by atoms with Crippen LogP contribution in [0.3, 0.4) is 0 Å². The Balaban J connectivity index is 0.000000246. The Bertz CT molecular complexity index is 1820. The summed E-state index contributed by atoms with van der Waals surface area (Å²) in [4.78, 5) is 0. The first kappa shape index (κ1) is 42.4. The monoisotopic (exact) mass is 782 g/mol. The predicted octanol–water partition coefficient (Wildman–Crippen LogP) is 13.0. The quantitative estimate of drug-likeness (QED) is 0.123. The van der Waals surface area contributed by atoms with Gasteiger partial charge in [-0.05, 0) is 24.0 Å². The van der Waals surface area contributed by atoms with Crippen LogP contribution in [-0.2, 0) is 36.2 Å². The maximum absolute atomic E-state index is 3.06. The molecule has 0 amide bonds. The van der Waals surface area contributed by atoms with Crippen LogP contribution < -0.4 is 0 Å². The summed E-state index contributed by atoms with van der Waals surface area (Å²) in [6, 6.07) is 68.5. The first-order chi connectivity index (χ1) is 23.8. The number of hydrogen-bond acceptors (Lipinski definition) is 0. The second-order valence-electron chi connectivity index (χ2n) is 10.9. The normalized spacial score (nSPS) is 9.38. The van der Waals surface area contributed by atoms with Crippen molar-refractivity contribution >= 4 is 53.2 Å². The molecule has 0 aliphatic rings. The Hall–Kier alpha value is -3.78. The molecule has 0 fully saturated rings. The van der Waals surface area contributed by atoms with Crippen LogP contribution in [0.25, 0.3) is 43.8 Å². The van der Waals surface area contributed by atoms with Crippen molar-refractivity contribution in [2.75, 3.05) is 0 Å². The molecule has 0 atom stereocenters. The third-order valence-electron chi connectivity index (χ3n) is 7.82. The maximum atomic E-state index is 3.06. The summed E-state index contributed by atoms with van der Waals surface area (Å²) in [6.07, 6.45) is 2.20. The van der Waals surface area contributed by atoms with Crippen molar-refractivity contribution in [2.24, 2.45) is 0 Å². The Labute approximate surface area is 328 Å². The average molecular weight is 785 g/mol. The molecule has 0 N–H and O–H groups in total. The van der Waals surface area contributed by atoms with Gasteiger partial charge >= 0.3 is 30.2 Å². The van der Waals surface area contributed by atoms with E-state index in [2.05, 4.69) is 154 Å². The van der Waals surface area contributed by atoms with E-state index in [1.807, 2.05) is 60.7 Å². The molecule has 0 unspecified atom stereocenters.